The fraction of sp³-hybridized carbons (Fsp3) is 0. The van der Waals surface area contributed by atoms with Crippen molar-refractivity contribution in [2.75, 3.05) is 0 Å². The number of aromatic hydroxyl groups is 1. The highest BCUT2D eigenvalue weighted by Crippen LogP contribution is 2.41. The molecule has 0 spiro atoms. The molecule has 3 heterocycles. The van der Waals surface area contributed by atoms with Crippen molar-refractivity contribution in [1.29, 1.82) is 0 Å². The second-order valence-corrected chi connectivity index (χ2v) is 7.59. The third kappa shape index (κ3) is 3.02. The lowest BCUT2D eigenvalue weighted by atomic mass is 9.98. The predicted octanol–water partition coefficient (Wildman–Crippen LogP) is 5.69. The van der Waals surface area contributed by atoms with Crippen molar-refractivity contribution in [2.45, 2.75) is 0 Å². The zero-order valence-corrected chi connectivity index (χ0v) is 16.1. The van der Waals surface area contributed by atoms with Crippen molar-refractivity contribution < 1.29 is 5.11 Å². The molecule has 5 heteroatoms. The number of aromatic amines is 1. The molecular weight excluding hydrogens is 380 g/mol. The Balaban J connectivity index is 1.66. The Labute approximate surface area is 170 Å². The van der Waals surface area contributed by atoms with Gasteiger partial charge in [0.2, 0.25) is 0 Å². The Morgan fingerprint density at radius 2 is 1.45 bits per heavy atom. The minimum atomic E-state index is -0.311. The molecule has 5 aromatic rings. The van der Waals surface area contributed by atoms with Crippen molar-refractivity contribution in [2.24, 2.45) is 0 Å². The van der Waals surface area contributed by atoms with Crippen LogP contribution in [0.25, 0.3) is 43.6 Å². The maximum Gasteiger partial charge on any atom is 0.260 e. The van der Waals surface area contributed by atoms with Crippen LogP contribution < -0.4 is 5.56 Å². The molecule has 0 amide bonds. The number of hydrogen-bond donors (Lipinski definition) is 2. The lowest BCUT2D eigenvalue weighted by Gasteiger charge is -2.08. The van der Waals surface area contributed by atoms with Crippen molar-refractivity contribution in [1.82, 2.24) is 9.97 Å². The number of nitrogens with one attached hydrogen (secondary N) is 1. The first-order valence-electron chi connectivity index (χ1n) is 9.15. The number of thiophene rings is 1. The van der Waals surface area contributed by atoms with Gasteiger partial charge in [0.1, 0.15) is 10.6 Å². The average Bonchev–Trinajstić information content (AvgIpc) is 3.19. The highest BCUT2D eigenvalue weighted by atomic mass is 32.1. The van der Waals surface area contributed by atoms with Crippen LogP contribution in [0.15, 0.2) is 89.3 Å². The summed E-state index contributed by atoms with van der Waals surface area (Å²) in [7, 11) is 0. The smallest absolute Gasteiger partial charge is 0.260 e. The van der Waals surface area contributed by atoms with E-state index in [9.17, 15) is 9.90 Å². The van der Waals surface area contributed by atoms with Gasteiger partial charge in [0.25, 0.3) is 5.56 Å². The van der Waals surface area contributed by atoms with Gasteiger partial charge in [-0.1, -0.05) is 54.6 Å². The molecular formula is C24H16N2O2S. The fourth-order valence-corrected chi connectivity index (χ4v) is 4.52. The Morgan fingerprint density at radius 1 is 0.793 bits per heavy atom. The lowest BCUT2D eigenvalue weighted by molar-refractivity contribution is 0.483. The van der Waals surface area contributed by atoms with Crippen molar-refractivity contribution in [3.8, 4) is 39.1 Å². The molecule has 140 valence electrons. The molecule has 0 aliphatic rings. The molecule has 0 radical (unpaired) electrons. The highest BCUT2D eigenvalue weighted by Gasteiger charge is 2.18. The molecule has 5 rings (SSSR count). The Kier molecular flexibility index (Phi) is 4.22. The van der Waals surface area contributed by atoms with Gasteiger partial charge < -0.3 is 10.1 Å². The van der Waals surface area contributed by atoms with Crippen LogP contribution in [0, 0.1) is 0 Å². The minimum Gasteiger partial charge on any atom is -0.506 e. The number of benzene rings is 2. The summed E-state index contributed by atoms with van der Waals surface area (Å²) in [5.74, 6) is -0.00154. The number of pyridine rings is 2. The quantitative estimate of drug-likeness (QED) is 0.412. The van der Waals surface area contributed by atoms with Gasteiger partial charge >= 0.3 is 0 Å². The van der Waals surface area contributed by atoms with E-state index in [1.54, 1.807) is 24.5 Å². The van der Waals surface area contributed by atoms with Gasteiger partial charge in [0.05, 0.1) is 10.9 Å². The first-order valence-corrected chi connectivity index (χ1v) is 10.0. The average molecular weight is 396 g/mol. The zero-order valence-electron chi connectivity index (χ0n) is 15.3. The van der Waals surface area contributed by atoms with E-state index in [2.05, 4.69) is 34.2 Å². The summed E-state index contributed by atoms with van der Waals surface area (Å²) in [6.45, 7) is 0. The van der Waals surface area contributed by atoms with E-state index in [-0.39, 0.29) is 16.9 Å². The van der Waals surface area contributed by atoms with Crippen molar-refractivity contribution in [3.63, 3.8) is 0 Å². The van der Waals surface area contributed by atoms with Crippen LogP contribution in [0.3, 0.4) is 0 Å². The molecule has 0 saturated carbocycles. The Bertz CT molecular complexity index is 1360. The van der Waals surface area contributed by atoms with E-state index < -0.39 is 0 Å². The first kappa shape index (κ1) is 17.4. The summed E-state index contributed by atoms with van der Waals surface area (Å²) >= 11 is 1.41. The van der Waals surface area contributed by atoms with Crippen molar-refractivity contribution >= 4 is 21.6 Å². The summed E-state index contributed by atoms with van der Waals surface area (Å²) in [5, 5.41) is 13.6. The third-order valence-electron chi connectivity index (χ3n) is 4.99. The summed E-state index contributed by atoms with van der Waals surface area (Å²) in [6, 6.07) is 21.9. The largest absolute Gasteiger partial charge is 0.506 e. The molecule has 0 unspecified atom stereocenters. The number of rotatable bonds is 3. The number of fused-ring (bicyclic) bond motifs is 1. The SMILES string of the molecule is O=c1[nH]c2scc(-c3ccc(-c4ccccc4)cc3)c2c(O)c1-c1ccncc1. The molecule has 3 aromatic heterocycles. The lowest BCUT2D eigenvalue weighted by Crippen LogP contribution is -2.08. The highest BCUT2D eigenvalue weighted by molar-refractivity contribution is 7.17. The Hall–Kier alpha value is -3.70. The van der Waals surface area contributed by atoms with Crippen LogP contribution in [-0.4, -0.2) is 15.1 Å². The summed E-state index contributed by atoms with van der Waals surface area (Å²) in [5.41, 5.74) is 4.75. The number of nitrogens with zero attached hydrogens (tertiary/aromatic N) is 1. The fourth-order valence-electron chi connectivity index (χ4n) is 3.55. The molecule has 4 nitrogen and oxygen atoms in total. The van der Waals surface area contributed by atoms with E-state index in [4.69, 9.17) is 0 Å². The number of aromatic nitrogens is 2. The van der Waals surface area contributed by atoms with Crippen LogP contribution >= 0.6 is 11.3 Å². The molecule has 2 N–H and O–H groups in total. The van der Waals surface area contributed by atoms with Gasteiger partial charge in [-0.3, -0.25) is 9.78 Å². The molecule has 0 bridgehead atoms. The minimum absolute atomic E-state index is 0.00154. The van der Waals surface area contributed by atoms with E-state index in [1.165, 1.54) is 11.3 Å². The van der Waals surface area contributed by atoms with Crippen LogP contribution in [0.1, 0.15) is 0 Å². The molecule has 0 saturated heterocycles. The Morgan fingerprint density at radius 3 is 2.17 bits per heavy atom. The molecule has 0 fully saturated rings. The van der Waals surface area contributed by atoms with Crippen LogP contribution in [-0.2, 0) is 0 Å². The molecule has 0 aliphatic heterocycles. The normalized spacial score (nSPS) is 11.0. The topological polar surface area (TPSA) is 66.0 Å². The summed E-state index contributed by atoms with van der Waals surface area (Å²) < 4.78 is 0. The van der Waals surface area contributed by atoms with E-state index in [0.29, 0.717) is 15.8 Å². The summed E-state index contributed by atoms with van der Waals surface area (Å²) in [4.78, 5) is 20.1. The second kappa shape index (κ2) is 7.04. The van der Waals surface area contributed by atoms with Crippen LogP contribution in [0.5, 0.6) is 5.75 Å². The predicted molar refractivity (Wildman–Crippen MR) is 118 cm³/mol. The zero-order chi connectivity index (χ0) is 19.8. The van der Waals surface area contributed by atoms with Gasteiger partial charge in [0.15, 0.2) is 0 Å². The van der Waals surface area contributed by atoms with Gasteiger partial charge in [-0.05, 0) is 34.4 Å². The molecule has 29 heavy (non-hydrogen) atoms. The number of H-pyrrole nitrogens is 1. The maximum atomic E-state index is 12.6. The molecule has 0 aliphatic carbocycles. The van der Waals surface area contributed by atoms with E-state index in [0.717, 1.165) is 22.3 Å². The monoisotopic (exact) mass is 396 g/mol. The van der Waals surface area contributed by atoms with Crippen LogP contribution in [0.2, 0.25) is 0 Å². The molecule has 0 atom stereocenters. The maximum absolute atomic E-state index is 12.6. The van der Waals surface area contributed by atoms with Gasteiger partial charge in [-0.25, -0.2) is 0 Å². The third-order valence-corrected chi connectivity index (χ3v) is 5.89. The van der Waals surface area contributed by atoms with Gasteiger partial charge in [-0.2, -0.15) is 0 Å². The number of hydrogen-bond acceptors (Lipinski definition) is 4. The second-order valence-electron chi connectivity index (χ2n) is 6.71. The molecule has 2 aromatic carbocycles. The van der Waals surface area contributed by atoms with Crippen molar-refractivity contribution in [3.05, 3.63) is 94.9 Å². The van der Waals surface area contributed by atoms with E-state index >= 15 is 0 Å². The first-order chi connectivity index (χ1) is 14.2. The van der Waals surface area contributed by atoms with Gasteiger partial charge in [-0.15, -0.1) is 11.3 Å². The van der Waals surface area contributed by atoms with Gasteiger partial charge in [0, 0.05) is 23.3 Å². The van der Waals surface area contributed by atoms with E-state index in [1.807, 2.05) is 35.7 Å². The van der Waals surface area contributed by atoms with Crippen LogP contribution in [0.4, 0.5) is 0 Å². The standard InChI is InChI=1S/C24H16N2O2S/c27-22-20(18-10-12-25-13-11-18)23(28)26-24-21(22)19(14-29-24)17-8-6-16(7-9-17)15-4-2-1-3-5-15/h1-14H,(H2,26,27,28). The summed E-state index contributed by atoms with van der Waals surface area (Å²) in [6.07, 6.45) is 3.21.